The third-order valence-corrected chi connectivity index (χ3v) is 5.67. The van der Waals surface area contributed by atoms with Crippen LogP contribution in [0.4, 0.5) is 0 Å². The van der Waals surface area contributed by atoms with E-state index in [4.69, 9.17) is 9.15 Å². The van der Waals surface area contributed by atoms with Crippen molar-refractivity contribution in [2.45, 2.75) is 12.5 Å². The van der Waals surface area contributed by atoms with Crippen LogP contribution in [-0.4, -0.2) is 62.0 Å². The van der Waals surface area contributed by atoms with Crippen LogP contribution in [0, 0.1) is 0 Å². The van der Waals surface area contributed by atoms with Crippen molar-refractivity contribution in [3.63, 3.8) is 0 Å². The molecule has 1 atom stereocenters. The second kappa shape index (κ2) is 5.77. The molecular formula is C14H18N2O5S. The smallest absolute Gasteiger partial charge is 0.270 e. The molecule has 1 fully saturated rings. The monoisotopic (exact) mass is 326 g/mol. The van der Waals surface area contributed by atoms with Gasteiger partial charge in [-0.2, -0.15) is 0 Å². The number of nitrogens with one attached hydrogen (secondary N) is 1. The maximum Gasteiger partial charge on any atom is 0.270 e. The van der Waals surface area contributed by atoms with Crippen molar-refractivity contribution in [2.75, 3.05) is 31.8 Å². The molecular weight excluding hydrogens is 308 g/mol. The molecule has 0 saturated carbocycles. The Labute approximate surface area is 128 Å². The molecule has 22 heavy (non-hydrogen) atoms. The number of furan rings is 1. The molecule has 2 aromatic heterocycles. The van der Waals surface area contributed by atoms with Gasteiger partial charge in [0.05, 0.1) is 29.9 Å². The standard InChI is InChI=1S/C14H18N2O5S/c1-20-6-4-16(10-3-7-22(18,19)9-10)14(17)12-8-13-11(15-12)2-5-21-13/h2,5,8,10,15H,3-4,6-7,9H2,1H3. The molecule has 8 heteroatoms. The Morgan fingerprint density at radius 2 is 2.36 bits per heavy atom. The summed E-state index contributed by atoms with van der Waals surface area (Å²) in [7, 11) is -1.51. The van der Waals surface area contributed by atoms with Crippen LogP contribution in [-0.2, 0) is 14.6 Å². The molecule has 3 rings (SSSR count). The van der Waals surface area contributed by atoms with Gasteiger partial charge in [0.15, 0.2) is 15.4 Å². The average molecular weight is 326 g/mol. The molecule has 1 N–H and O–H groups in total. The molecule has 0 aromatic carbocycles. The predicted molar refractivity (Wildman–Crippen MR) is 80.5 cm³/mol. The fraction of sp³-hybridized carbons (Fsp3) is 0.500. The molecule has 1 unspecified atom stereocenters. The lowest BCUT2D eigenvalue weighted by atomic mass is 10.2. The summed E-state index contributed by atoms with van der Waals surface area (Å²) >= 11 is 0. The number of carbonyl (C=O) groups is 1. The molecule has 7 nitrogen and oxygen atoms in total. The van der Waals surface area contributed by atoms with Crippen LogP contribution in [0.25, 0.3) is 11.1 Å². The van der Waals surface area contributed by atoms with Gasteiger partial charge in [0.2, 0.25) is 0 Å². The van der Waals surface area contributed by atoms with E-state index in [1.807, 2.05) is 0 Å². The van der Waals surface area contributed by atoms with Crippen molar-refractivity contribution in [3.8, 4) is 0 Å². The van der Waals surface area contributed by atoms with E-state index >= 15 is 0 Å². The summed E-state index contributed by atoms with van der Waals surface area (Å²) in [6, 6.07) is 3.08. The number of aromatic nitrogens is 1. The molecule has 1 aliphatic heterocycles. The van der Waals surface area contributed by atoms with E-state index in [9.17, 15) is 13.2 Å². The molecule has 1 aliphatic rings. The molecule has 0 spiro atoms. The molecule has 0 radical (unpaired) electrons. The van der Waals surface area contributed by atoms with E-state index in [0.717, 1.165) is 5.52 Å². The number of sulfone groups is 1. The van der Waals surface area contributed by atoms with E-state index in [2.05, 4.69) is 4.98 Å². The quantitative estimate of drug-likeness (QED) is 0.886. The first-order valence-electron chi connectivity index (χ1n) is 7.07. The highest BCUT2D eigenvalue weighted by Crippen LogP contribution is 2.22. The van der Waals surface area contributed by atoms with E-state index in [0.29, 0.717) is 30.8 Å². The Balaban J connectivity index is 1.84. The molecule has 3 heterocycles. The van der Waals surface area contributed by atoms with Crippen molar-refractivity contribution < 1.29 is 22.4 Å². The predicted octanol–water partition coefficient (Wildman–Crippen LogP) is 1.04. The summed E-state index contributed by atoms with van der Waals surface area (Å²) in [5, 5.41) is 0. The Kier molecular flexibility index (Phi) is 3.96. The number of aromatic amines is 1. The van der Waals surface area contributed by atoms with Gasteiger partial charge in [-0.25, -0.2) is 8.42 Å². The maximum absolute atomic E-state index is 12.7. The Hall–Kier alpha value is -1.80. The number of ether oxygens (including phenoxy) is 1. The topological polar surface area (TPSA) is 92.6 Å². The highest BCUT2D eigenvalue weighted by atomic mass is 32.2. The van der Waals surface area contributed by atoms with Crippen LogP contribution in [0.3, 0.4) is 0 Å². The molecule has 120 valence electrons. The van der Waals surface area contributed by atoms with Gasteiger partial charge in [-0.05, 0) is 6.42 Å². The SMILES string of the molecule is COCCN(C(=O)c1cc2occc2[nH]1)C1CCS(=O)(=O)C1. The van der Waals surface area contributed by atoms with Crippen LogP contribution < -0.4 is 0 Å². The number of carbonyl (C=O) groups excluding carboxylic acids is 1. The molecule has 0 aliphatic carbocycles. The summed E-state index contributed by atoms with van der Waals surface area (Å²) in [4.78, 5) is 17.3. The summed E-state index contributed by atoms with van der Waals surface area (Å²) in [6.45, 7) is 0.717. The highest BCUT2D eigenvalue weighted by Gasteiger charge is 2.35. The average Bonchev–Trinajstić information content (AvgIpc) is 3.13. The lowest BCUT2D eigenvalue weighted by Gasteiger charge is -2.27. The number of hydrogen-bond donors (Lipinski definition) is 1. The van der Waals surface area contributed by atoms with Gasteiger partial charge in [-0.1, -0.05) is 0 Å². The van der Waals surface area contributed by atoms with Gasteiger partial charge in [-0.3, -0.25) is 4.79 Å². The van der Waals surface area contributed by atoms with Crippen molar-refractivity contribution in [1.82, 2.24) is 9.88 Å². The van der Waals surface area contributed by atoms with Gasteiger partial charge < -0.3 is 19.0 Å². The second-order valence-corrected chi connectivity index (χ2v) is 7.66. The van der Waals surface area contributed by atoms with E-state index in [1.165, 1.54) is 0 Å². The normalized spacial score (nSPS) is 20.5. The number of fused-ring (bicyclic) bond motifs is 1. The van der Waals surface area contributed by atoms with Gasteiger partial charge >= 0.3 is 0 Å². The van der Waals surface area contributed by atoms with Crippen LogP contribution >= 0.6 is 0 Å². The van der Waals surface area contributed by atoms with Crippen molar-refractivity contribution >= 4 is 26.8 Å². The third-order valence-electron chi connectivity index (χ3n) is 3.92. The molecule has 0 bridgehead atoms. The zero-order valence-corrected chi connectivity index (χ0v) is 13.1. The van der Waals surface area contributed by atoms with Gasteiger partial charge in [0, 0.05) is 31.8 Å². The number of rotatable bonds is 5. The molecule has 1 saturated heterocycles. The van der Waals surface area contributed by atoms with Crippen molar-refractivity contribution in [1.29, 1.82) is 0 Å². The third kappa shape index (κ3) is 2.89. The summed E-state index contributed by atoms with van der Waals surface area (Å²) in [5.74, 6) is -0.0913. The number of H-pyrrole nitrogens is 1. The Morgan fingerprint density at radius 1 is 1.55 bits per heavy atom. The van der Waals surface area contributed by atoms with Crippen LogP contribution in [0.2, 0.25) is 0 Å². The number of amides is 1. The Bertz CT molecular complexity index is 748. The van der Waals surface area contributed by atoms with Gasteiger partial charge in [0.25, 0.3) is 5.91 Å². The first-order chi connectivity index (χ1) is 10.5. The molecule has 2 aromatic rings. The first kappa shape index (κ1) is 15.1. The first-order valence-corrected chi connectivity index (χ1v) is 8.89. The van der Waals surface area contributed by atoms with Crippen molar-refractivity contribution in [3.05, 3.63) is 24.1 Å². The van der Waals surface area contributed by atoms with Crippen LogP contribution in [0.15, 0.2) is 22.8 Å². The number of hydrogen-bond acceptors (Lipinski definition) is 5. The lowest BCUT2D eigenvalue weighted by molar-refractivity contribution is 0.0619. The minimum atomic E-state index is -3.06. The van der Waals surface area contributed by atoms with E-state index in [1.54, 1.807) is 30.4 Å². The second-order valence-electron chi connectivity index (χ2n) is 5.43. The highest BCUT2D eigenvalue weighted by molar-refractivity contribution is 7.91. The fourth-order valence-electron chi connectivity index (χ4n) is 2.78. The zero-order valence-electron chi connectivity index (χ0n) is 12.2. The van der Waals surface area contributed by atoms with Crippen LogP contribution in [0.1, 0.15) is 16.9 Å². The van der Waals surface area contributed by atoms with E-state index < -0.39 is 9.84 Å². The van der Waals surface area contributed by atoms with Gasteiger partial charge in [0.1, 0.15) is 5.69 Å². The zero-order chi connectivity index (χ0) is 15.7. The summed E-state index contributed by atoms with van der Waals surface area (Å²) < 4.78 is 33.7. The summed E-state index contributed by atoms with van der Waals surface area (Å²) in [6.07, 6.45) is 2.01. The number of nitrogens with zero attached hydrogens (tertiary/aromatic N) is 1. The minimum absolute atomic E-state index is 0.0132. The number of methoxy groups -OCH3 is 1. The molecule has 1 amide bonds. The summed E-state index contributed by atoms with van der Waals surface area (Å²) in [5.41, 5.74) is 1.75. The van der Waals surface area contributed by atoms with Crippen LogP contribution in [0.5, 0.6) is 0 Å². The maximum atomic E-state index is 12.7. The van der Waals surface area contributed by atoms with Gasteiger partial charge in [-0.15, -0.1) is 0 Å². The Morgan fingerprint density at radius 3 is 3.00 bits per heavy atom. The lowest BCUT2D eigenvalue weighted by Crippen LogP contribution is -2.43. The fourth-order valence-corrected chi connectivity index (χ4v) is 4.51. The van der Waals surface area contributed by atoms with E-state index in [-0.39, 0.29) is 23.5 Å². The minimum Gasteiger partial charge on any atom is -0.463 e. The largest absolute Gasteiger partial charge is 0.463 e. The van der Waals surface area contributed by atoms with Crippen molar-refractivity contribution in [2.24, 2.45) is 0 Å².